The van der Waals surface area contributed by atoms with Crippen LogP contribution in [0.2, 0.25) is 0 Å². The Morgan fingerprint density at radius 1 is 1.23 bits per heavy atom. The number of hydrogen-bond acceptors (Lipinski definition) is 3. The van der Waals surface area contributed by atoms with E-state index in [1.54, 1.807) is 24.3 Å². The van der Waals surface area contributed by atoms with Crippen LogP contribution in [0.15, 0.2) is 24.3 Å². The number of amides is 2. The van der Waals surface area contributed by atoms with E-state index in [1.807, 2.05) is 27.7 Å². The van der Waals surface area contributed by atoms with E-state index < -0.39 is 5.54 Å². The Morgan fingerprint density at radius 3 is 2.32 bits per heavy atom. The predicted octanol–water partition coefficient (Wildman–Crippen LogP) is 1.93. The molecule has 0 fully saturated rings. The van der Waals surface area contributed by atoms with E-state index in [0.717, 1.165) is 6.42 Å². The average molecular weight is 305 g/mol. The highest BCUT2D eigenvalue weighted by Gasteiger charge is 2.29. The molecule has 1 unspecified atom stereocenters. The SMILES string of the molecule is CCCNC(=O)c1cccc(C(=O)NC(C)(CN)C(C)C)c1. The van der Waals surface area contributed by atoms with Gasteiger partial charge in [-0.25, -0.2) is 0 Å². The van der Waals surface area contributed by atoms with Gasteiger partial charge >= 0.3 is 0 Å². The normalized spacial score (nSPS) is 13.5. The van der Waals surface area contributed by atoms with E-state index >= 15 is 0 Å². The van der Waals surface area contributed by atoms with Crippen LogP contribution in [-0.2, 0) is 0 Å². The van der Waals surface area contributed by atoms with E-state index in [-0.39, 0.29) is 17.7 Å². The second kappa shape index (κ2) is 7.94. The van der Waals surface area contributed by atoms with Gasteiger partial charge < -0.3 is 16.4 Å². The van der Waals surface area contributed by atoms with Crippen LogP contribution in [0.4, 0.5) is 0 Å². The molecule has 1 aromatic rings. The first-order chi connectivity index (χ1) is 10.3. The molecule has 0 saturated carbocycles. The Balaban J connectivity index is 2.89. The fourth-order valence-electron chi connectivity index (χ4n) is 1.90. The zero-order valence-corrected chi connectivity index (χ0v) is 13.9. The predicted molar refractivity (Wildman–Crippen MR) is 88.8 cm³/mol. The van der Waals surface area contributed by atoms with Crippen molar-refractivity contribution in [2.24, 2.45) is 11.7 Å². The number of carbonyl (C=O) groups excluding carboxylic acids is 2. The van der Waals surface area contributed by atoms with Gasteiger partial charge in [0.25, 0.3) is 11.8 Å². The summed E-state index contributed by atoms with van der Waals surface area (Å²) in [5.74, 6) is -0.175. The van der Waals surface area contributed by atoms with Crippen molar-refractivity contribution in [1.82, 2.24) is 10.6 Å². The van der Waals surface area contributed by atoms with E-state index in [9.17, 15) is 9.59 Å². The molecule has 0 saturated heterocycles. The Morgan fingerprint density at radius 2 is 1.82 bits per heavy atom. The van der Waals surface area contributed by atoms with Crippen LogP contribution in [-0.4, -0.2) is 30.4 Å². The molecule has 1 rings (SSSR count). The molecule has 2 amide bonds. The Labute approximate surface area is 132 Å². The van der Waals surface area contributed by atoms with Crippen molar-refractivity contribution < 1.29 is 9.59 Å². The van der Waals surface area contributed by atoms with Gasteiger partial charge in [0.15, 0.2) is 0 Å². The molecule has 5 nitrogen and oxygen atoms in total. The van der Waals surface area contributed by atoms with Gasteiger partial charge in [-0.2, -0.15) is 0 Å². The molecule has 0 spiro atoms. The van der Waals surface area contributed by atoms with Crippen LogP contribution in [0.1, 0.15) is 54.8 Å². The second-order valence-electron chi connectivity index (χ2n) is 6.07. The molecule has 0 aliphatic carbocycles. The van der Waals surface area contributed by atoms with E-state index in [1.165, 1.54) is 0 Å². The minimum Gasteiger partial charge on any atom is -0.352 e. The van der Waals surface area contributed by atoms with Gasteiger partial charge in [-0.15, -0.1) is 0 Å². The first-order valence-corrected chi connectivity index (χ1v) is 7.75. The minimum absolute atomic E-state index is 0.165. The van der Waals surface area contributed by atoms with Crippen molar-refractivity contribution in [3.8, 4) is 0 Å². The molecular weight excluding hydrogens is 278 g/mol. The molecule has 0 bridgehead atoms. The van der Waals surface area contributed by atoms with Gasteiger partial charge in [-0.1, -0.05) is 26.8 Å². The lowest BCUT2D eigenvalue weighted by Gasteiger charge is -2.33. The number of hydrogen-bond donors (Lipinski definition) is 3. The molecule has 0 aromatic heterocycles. The summed E-state index contributed by atoms with van der Waals surface area (Å²) < 4.78 is 0. The molecule has 5 heteroatoms. The maximum atomic E-state index is 12.4. The zero-order valence-electron chi connectivity index (χ0n) is 13.9. The summed E-state index contributed by atoms with van der Waals surface area (Å²) in [5, 5.41) is 5.77. The van der Waals surface area contributed by atoms with Crippen LogP contribution >= 0.6 is 0 Å². The van der Waals surface area contributed by atoms with Crippen molar-refractivity contribution >= 4 is 11.8 Å². The van der Waals surface area contributed by atoms with Crippen LogP contribution in [0.25, 0.3) is 0 Å². The van der Waals surface area contributed by atoms with Gasteiger partial charge in [0.05, 0.1) is 5.54 Å². The molecule has 22 heavy (non-hydrogen) atoms. The lowest BCUT2D eigenvalue weighted by atomic mass is 9.88. The third kappa shape index (κ3) is 4.56. The quantitative estimate of drug-likeness (QED) is 0.719. The van der Waals surface area contributed by atoms with E-state index in [4.69, 9.17) is 5.73 Å². The maximum absolute atomic E-state index is 12.4. The summed E-state index contributed by atoms with van der Waals surface area (Å²) in [6, 6.07) is 6.72. The number of carbonyl (C=O) groups is 2. The number of rotatable bonds is 7. The fraction of sp³-hybridized carbons (Fsp3) is 0.529. The lowest BCUT2D eigenvalue weighted by molar-refractivity contribution is 0.0883. The van der Waals surface area contributed by atoms with E-state index in [2.05, 4.69) is 10.6 Å². The number of nitrogens with two attached hydrogens (primary N) is 1. The topological polar surface area (TPSA) is 84.2 Å². The van der Waals surface area contributed by atoms with Crippen LogP contribution in [0, 0.1) is 5.92 Å². The summed E-state index contributed by atoms with van der Waals surface area (Å²) in [4.78, 5) is 24.4. The summed E-state index contributed by atoms with van der Waals surface area (Å²) in [5.41, 5.74) is 6.26. The highest BCUT2D eigenvalue weighted by atomic mass is 16.2. The van der Waals surface area contributed by atoms with Gasteiger partial charge in [-0.05, 0) is 37.5 Å². The maximum Gasteiger partial charge on any atom is 0.251 e. The summed E-state index contributed by atoms with van der Waals surface area (Å²) in [7, 11) is 0. The first-order valence-electron chi connectivity index (χ1n) is 7.75. The fourth-order valence-corrected chi connectivity index (χ4v) is 1.90. The summed E-state index contributed by atoms with van der Waals surface area (Å²) in [6.07, 6.45) is 0.870. The Kier molecular flexibility index (Phi) is 6.56. The third-order valence-electron chi connectivity index (χ3n) is 4.02. The molecule has 0 aliphatic heterocycles. The Hall–Kier alpha value is -1.88. The summed E-state index contributed by atoms with van der Waals surface area (Å²) >= 11 is 0. The summed E-state index contributed by atoms with van der Waals surface area (Å²) in [6.45, 7) is 8.92. The monoisotopic (exact) mass is 305 g/mol. The van der Waals surface area contributed by atoms with Gasteiger partial charge in [0, 0.05) is 24.2 Å². The zero-order chi connectivity index (χ0) is 16.8. The molecule has 122 valence electrons. The smallest absolute Gasteiger partial charge is 0.251 e. The largest absolute Gasteiger partial charge is 0.352 e. The molecular formula is C17H27N3O2. The van der Waals surface area contributed by atoms with Crippen LogP contribution in [0.5, 0.6) is 0 Å². The van der Waals surface area contributed by atoms with Crippen molar-refractivity contribution in [2.75, 3.05) is 13.1 Å². The molecule has 0 heterocycles. The number of nitrogens with one attached hydrogen (secondary N) is 2. The van der Waals surface area contributed by atoms with Crippen LogP contribution in [0.3, 0.4) is 0 Å². The van der Waals surface area contributed by atoms with Gasteiger partial charge in [0.1, 0.15) is 0 Å². The molecule has 1 aromatic carbocycles. The van der Waals surface area contributed by atoms with Crippen molar-refractivity contribution in [3.05, 3.63) is 35.4 Å². The molecule has 1 atom stereocenters. The first kappa shape index (κ1) is 18.2. The van der Waals surface area contributed by atoms with Crippen molar-refractivity contribution in [2.45, 2.75) is 39.7 Å². The molecule has 0 aliphatic rings. The highest BCUT2D eigenvalue weighted by Crippen LogP contribution is 2.16. The second-order valence-corrected chi connectivity index (χ2v) is 6.07. The molecule has 0 radical (unpaired) electrons. The highest BCUT2D eigenvalue weighted by molar-refractivity contribution is 5.99. The van der Waals surface area contributed by atoms with Crippen LogP contribution < -0.4 is 16.4 Å². The average Bonchev–Trinajstić information content (AvgIpc) is 2.52. The van der Waals surface area contributed by atoms with Gasteiger partial charge in [0.2, 0.25) is 0 Å². The minimum atomic E-state index is -0.475. The van der Waals surface area contributed by atoms with Crippen molar-refractivity contribution in [3.63, 3.8) is 0 Å². The molecule has 4 N–H and O–H groups in total. The van der Waals surface area contributed by atoms with E-state index in [0.29, 0.717) is 24.2 Å². The standard InChI is InChI=1S/C17H27N3O2/c1-5-9-19-15(21)13-7-6-8-14(10-13)16(22)20-17(4,11-18)12(2)3/h6-8,10,12H,5,9,11,18H2,1-4H3,(H,19,21)(H,20,22). The van der Waals surface area contributed by atoms with Gasteiger partial charge in [-0.3, -0.25) is 9.59 Å². The number of benzene rings is 1. The van der Waals surface area contributed by atoms with Crippen molar-refractivity contribution in [1.29, 1.82) is 0 Å². The third-order valence-corrected chi connectivity index (χ3v) is 4.02. The Bertz CT molecular complexity index is 528. The lowest BCUT2D eigenvalue weighted by Crippen LogP contribution is -2.55.